The number of alkyl halides is 1. The summed E-state index contributed by atoms with van der Waals surface area (Å²) < 4.78 is 13.6. The van der Waals surface area contributed by atoms with Crippen LogP contribution in [-0.2, 0) is 4.79 Å². The van der Waals surface area contributed by atoms with E-state index < -0.39 is 17.7 Å². The summed E-state index contributed by atoms with van der Waals surface area (Å²) in [6, 6.07) is -0.166. The van der Waals surface area contributed by atoms with Crippen molar-refractivity contribution in [1.82, 2.24) is 10.2 Å². The van der Waals surface area contributed by atoms with Crippen LogP contribution in [0.25, 0.3) is 0 Å². The SMILES string of the molecule is CC1(F)CCN([C@H]2CN[C@H](C(=O)O)C2)CC1. The molecule has 92 valence electrons. The lowest BCUT2D eigenvalue weighted by Gasteiger charge is -2.37. The minimum Gasteiger partial charge on any atom is -0.480 e. The summed E-state index contributed by atoms with van der Waals surface area (Å²) in [7, 11) is 0. The van der Waals surface area contributed by atoms with Gasteiger partial charge in [-0.1, -0.05) is 0 Å². The van der Waals surface area contributed by atoms with Crippen LogP contribution in [0.3, 0.4) is 0 Å². The number of nitrogens with zero attached hydrogens (tertiary/aromatic N) is 1. The van der Waals surface area contributed by atoms with Gasteiger partial charge in [0.2, 0.25) is 0 Å². The Hall–Kier alpha value is -0.680. The lowest BCUT2D eigenvalue weighted by molar-refractivity contribution is -0.139. The van der Waals surface area contributed by atoms with Crippen molar-refractivity contribution >= 4 is 5.97 Å². The number of rotatable bonds is 2. The van der Waals surface area contributed by atoms with Crippen LogP contribution < -0.4 is 5.32 Å². The minimum atomic E-state index is -1.03. The maximum Gasteiger partial charge on any atom is 0.320 e. The molecule has 0 bridgehead atoms. The first-order chi connectivity index (χ1) is 7.48. The number of hydrogen-bond acceptors (Lipinski definition) is 3. The summed E-state index contributed by atoms with van der Waals surface area (Å²) in [4.78, 5) is 13.0. The lowest BCUT2D eigenvalue weighted by atomic mass is 9.94. The van der Waals surface area contributed by atoms with E-state index in [4.69, 9.17) is 5.11 Å². The Labute approximate surface area is 94.8 Å². The highest BCUT2D eigenvalue weighted by Gasteiger charge is 2.37. The Balaban J connectivity index is 1.85. The number of aliphatic carboxylic acids is 1. The second-order valence-corrected chi connectivity index (χ2v) is 5.14. The van der Waals surface area contributed by atoms with Gasteiger partial charge in [0.1, 0.15) is 11.7 Å². The molecule has 0 spiro atoms. The van der Waals surface area contributed by atoms with E-state index in [2.05, 4.69) is 10.2 Å². The zero-order chi connectivity index (χ0) is 11.8. The van der Waals surface area contributed by atoms with Crippen molar-refractivity contribution in [1.29, 1.82) is 0 Å². The Morgan fingerprint density at radius 2 is 2.12 bits per heavy atom. The van der Waals surface area contributed by atoms with E-state index in [1.165, 1.54) is 0 Å². The fourth-order valence-electron chi connectivity index (χ4n) is 2.54. The molecule has 2 atom stereocenters. The third-order valence-corrected chi connectivity index (χ3v) is 3.76. The van der Waals surface area contributed by atoms with Crippen LogP contribution in [0.1, 0.15) is 26.2 Å². The van der Waals surface area contributed by atoms with Crippen LogP contribution in [0, 0.1) is 0 Å². The van der Waals surface area contributed by atoms with Gasteiger partial charge in [-0.3, -0.25) is 9.69 Å². The molecule has 16 heavy (non-hydrogen) atoms. The van der Waals surface area contributed by atoms with Crippen molar-refractivity contribution in [2.24, 2.45) is 0 Å². The Bertz CT molecular complexity index is 273. The van der Waals surface area contributed by atoms with E-state index in [-0.39, 0.29) is 6.04 Å². The third-order valence-electron chi connectivity index (χ3n) is 3.76. The van der Waals surface area contributed by atoms with Crippen LogP contribution in [0.15, 0.2) is 0 Å². The average molecular weight is 230 g/mol. The molecule has 0 saturated carbocycles. The van der Waals surface area contributed by atoms with Crippen molar-refractivity contribution < 1.29 is 14.3 Å². The largest absolute Gasteiger partial charge is 0.480 e. The van der Waals surface area contributed by atoms with Crippen LogP contribution in [0.4, 0.5) is 4.39 Å². The standard InChI is InChI=1S/C11H19FN2O2/c1-11(12)2-4-14(5-3-11)8-6-9(10(15)16)13-7-8/h8-9,13H,2-7H2,1H3,(H,15,16)/t8-,9+/m1/s1. The number of hydrogen-bond donors (Lipinski definition) is 2. The van der Waals surface area contributed by atoms with Crippen LogP contribution in [-0.4, -0.2) is 53.4 Å². The van der Waals surface area contributed by atoms with Gasteiger partial charge in [0.15, 0.2) is 0 Å². The van der Waals surface area contributed by atoms with Crippen molar-refractivity contribution in [3.05, 3.63) is 0 Å². The molecule has 2 N–H and O–H groups in total. The molecule has 0 aromatic heterocycles. The Morgan fingerprint density at radius 3 is 2.62 bits per heavy atom. The summed E-state index contributed by atoms with van der Waals surface area (Å²) in [6.07, 6.45) is 1.75. The second-order valence-electron chi connectivity index (χ2n) is 5.14. The minimum absolute atomic E-state index is 0.261. The monoisotopic (exact) mass is 230 g/mol. The van der Waals surface area contributed by atoms with Crippen LogP contribution in [0.2, 0.25) is 0 Å². The zero-order valence-corrected chi connectivity index (χ0v) is 9.58. The smallest absolute Gasteiger partial charge is 0.320 e. The molecule has 0 unspecified atom stereocenters. The second kappa shape index (κ2) is 4.30. The molecule has 0 aromatic rings. The molecule has 2 aliphatic rings. The molecule has 2 saturated heterocycles. The Kier molecular flexibility index (Phi) is 3.17. The molecule has 5 heteroatoms. The molecule has 0 radical (unpaired) electrons. The highest BCUT2D eigenvalue weighted by molar-refractivity contribution is 5.73. The summed E-state index contributed by atoms with van der Waals surface area (Å²) in [5.41, 5.74) is -1.03. The van der Waals surface area contributed by atoms with Gasteiger partial charge in [0.05, 0.1) is 0 Å². The molecule has 2 aliphatic heterocycles. The molecule has 2 heterocycles. The number of likely N-dealkylation sites (tertiary alicyclic amines) is 1. The van der Waals surface area contributed by atoms with Gasteiger partial charge in [-0.2, -0.15) is 0 Å². The predicted molar refractivity (Wildman–Crippen MR) is 58.2 cm³/mol. The average Bonchev–Trinajstić information content (AvgIpc) is 2.66. The molecule has 2 fully saturated rings. The topological polar surface area (TPSA) is 52.6 Å². The number of carbonyl (C=O) groups is 1. The third kappa shape index (κ3) is 2.52. The molecular weight excluding hydrogens is 211 g/mol. The highest BCUT2D eigenvalue weighted by atomic mass is 19.1. The zero-order valence-electron chi connectivity index (χ0n) is 9.58. The van der Waals surface area contributed by atoms with Crippen molar-refractivity contribution in [3.8, 4) is 0 Å². The summed E-state index contributed by atoms with van der Waals surface area (Å²) in [6.45, 7) is 3.84. The summed E-state index contributed by atoms with van der Waals surface area (Å²) in [5, 5.41) is 11.9. The van der Waals surface area contributed by atoms with E-state index >= 15 is 0 Å². The fraction of sp³-hybridized carbons (Fsp3) is 0.909. The van der Waals surface area contributed by atoms with Gasteiger partial charge >= 0.3 is 5.97 Å². The highest BCUT2D eigenvalue weighted by Crippen LogP contribution is 2.28. The fourth-order valence-corrected chi connectivity index (χ4v) is 2.54. The number of carboxylic acids is 1. The predicted octanol–water partition coefficient (Wildman–Crippen LogP) is 0.625. The van der Waals surface area contributed by atoms with E-state index in [1.54, 1.807) is 6.92 Å². The van der Waals surface area contributed by atoms with E-state index in [1.807, 2.05) is 0 Å². The van der Waals surface area contributed by atoms with Gasteiger partial charge in [0.25, 0.3) is 0 Å². The van der Waals surface area contributed by atoms with Crippen LogP contribution in [0.5, 0.6) is 0 Å². The first-order valence-corrected chi connectivity index (χ1v) is 5.87. The number of piperidine rings is 1. The summed E-state index contributed by atoms with van der Waals surface area (Å²) in [5.74, 6) is -0.783. The molecule has 2 rings (SSSR count). The van der Waals surface area contributed by atoms with Gasteiger partial charge < -0.3 is 10.4 Å². The van der Waals surface area contributed by atoms with Gasteiger partial charge in [-0.15, -0.1) is 0 Å². The maximum atomic E-state index is 13.6. The lowest BCUT2D eigenvalue weighted by Crippen LogP contribution is -2.46. The first-order valence-electron chi connectivity index (χ1n) is 5.87. The molecule has 0 aromatic carbocycles. The molecule has 0 aliphatic carbocycles. The van der Waals surface area contributed by atoms with E-state index in [0.29, 0.717) is 25.8 Å². The van der Waals surface area contributed by atoms with E-state index in [9.17, 15) is 9.18 Å². The molecular formula is C11H19FN2O2. The Morgan fingerprint density at radius 1 is 1.50 bits per heavy atom. The molecule has 4 nitrogen and oxygen atoms in total. The first kappa shape index (κ1) is 11.8. The van der Waals surface area contributed by atoms with Gasteiger partial charge in [-0.25, -0.2) is 4.39 Å². The van der Waals surface area contributed by atoms with Crippen molar-refractivity contribution in [3.63, 3.8) is 0 Å². The van der Waals surface area contributed by atoms with Gasteiger partial charge in [0, 0.05) is 25.7 Å². The van der Waals surface area contributed by atoms with Crippen LogP contribution >= 0.6 is 0 Å². The maximum absolute atomic E-state index is 13.6. The number of carboxylic acid groups (broad SMARTS) is 1. The number of nitrogens with one attached hydrogen (secondary N) is 1. The van der Waals surface area contributed by atoms with Crippen molar-refractivity contribution in [2.75, 3.05) is 19.6 Å². The van der Waals surface area contributed by atoms with E-state index in [0.717, 1.165) is 13.1 Å². The molecule has 0 amide bonds. The quantitative estimate of drug-likeness (QED) is 0.730. The van der Waals surface area contributed by atoms with Gasteiger partial charge in [-0.05, 0) is 26.2 Å². The number of halogens is 1. The summed E-state index contributed by atoms with van der Waals surface area (Å²) >= 11 is 0. The van der Waals surface area contributed by atoms with Crippen molar-refractivity contribution in [2.45, 2.75) is 43.9 Å². The normalized spacial score (nSPS) is 35.1.